The van der Waals surface area contributed by atoms with E-state index in [9.17, 15) is 15.2 Å². The van der Waals surface area contributed by atoms with Gasteiger partial charge in [-0.3, -0.25) is 10.1 Å². The second kappa shape index (κ2) is 4.39. The lowest BCUT2D eigenvalue weighted by Gasteiger charge is -2.13. The predicted molar refractivity (Wildman–Crippen MR) is 60.0 cm³/mol. The summed E-state index contributed by atoms with van der Waals surface area (Å²) in [5.74, 6) is 0.514. The lowest BCUT2D eigenvalue weighted by atomic mass is 10.0. The number of rotatable bonds is 1. The van der Waals surface area contributed by atoms with Crippen LogP contribution in [0.4, 0.5) is 0 Å². The van der Waals surface area contributed by atoms with Crippen LogP contribution in [0, 0.1) is 10.1 Å². The Balaban J connectivity index is 2.42. The maximum Gasteiger partial charge on any atom is 0.246 e. The Hall–Kier alpha value is -1.14. The van der Waals surface area contributed by atoms with Crippen molar-refractivity contribution < 1.29 is 14.8 Å². The summed E-state index contributed by atoms with van der Waals surface area (Å²) in [5.41, 5.74) is 0.466. The van der Waals surface area contributed by atoms with Gasteiger partial charge in [-0.05, 0) is 18.2 Å². The third kappa shape index (κ3) is 2.03. The Bertz CT molecular complexity index is 423. The molecule has 1 aliphatic rings. The highest BCUT2D eigenvalue weighted by Crippen LogP contribution is 2.34. The van der Waals surface area contributed by atoms with E-state index in [0.29, 0.717) is 11.3 Å². The van der Waals surface area contributed by atoms with E-state index in [2.05, 4.69) is 15.9 Å². The minimum atomic E-state index is -1.12. The summed E-state index contributed by atoms with van der Waals surface area (Å²) in [6.45, 7) is 0.247. The number of nitrogens with zero attached hydrogens (tertiary/aromatic N) is 1. The van der Waals surface area contributed by atoms with Gasteiger partial charge in [-0.2, -0.15) is 0 Å². The topological polar surface area (TPSA) is 72.6 Å². The number of nitro groups is 1. The summed E-state index contributed by atoms with van der Waals surface area (Å²) >= 11 is 3.26. The minimum Gasteiger partial charge on any atom is -0.493 e. The zero-order valence-corrected chi connectivity index (χ0v) is 9.88. The van der Waals surface area contributed by atoms with Gasteiger partial charge in [-0.25, -0.2) is 0 Å². The fourth-order valence-electron chi connectivity index (χ4n) is 1.76. The maximum atomic E-state index is 10.8. The average molecular weight is 288 g/mol. The third-order valence-corrected chi connectivity index (χ3v) is 3.09. The molecular formula is C10H10BrNO4. The first-order valence-electron chi connectivity index (χ1n) is 4.83. The van der Waals surface area contributed by atoms with Crippen LogP contribution < -0.4 is 4.74 Å². The largest absolute Gasteiger partial charge is 0.493 e. The third-order valence-electron chi connectivity index (χ3n) is 2.60. The van der Waals surface area contributed by atoms with Gasteiger partial charge in [0.25, 0.3) is 0 Å². The smallest absolute Gasteiger partial charge is 0.246 e. The molecule has 1 heterocycles. The Morgan fingerprint density at radius 2 is 2.31 bits per heavy atom. The van der Waals surface area contributed by atoms with Crippen LogP contribution in [-0.2, 0) is 0 Å². The first-order valence-corrected chi connectivity index (χ1v) is 5.62. The number of halogens is 1. The Kier molecular flexibility index (Phi) is 3.11. The van der Waals surface area contributed by atoms with Crippen LogP contribution in [-0.4, -0.2) is 22.7 Å². The van der Waals surface area contributed by atoms with Crippen molar-refractivity contribution in [3.63, 3.8) is 0 Å². The van der Waals surface area contributed by atoms with E-state index < -0.39 is 17.1 Å². The van der Waals surface area contributed by atoms with Crippen molar-refractivity contribution in [2.45, 2.75) is 18.6 Å². The number of hydrogen-bond acceptors (Lipinski definition) is 4. The van der Waals surface area contributed by atoms with Gasteiger partial charge in [0.15, 0.2) is 0 Å². The highest BCUT2D eigenvalue weighted by molar-refractivity contribution is 9.10. The molecule has 0 saturated carbocycles. The second-order valence-electron chi connectivity index (χ2n) is 3.62. The SMILES string of the molecule is O=[N+]([O-])C1CCOc2ccc(Br)cc2C1O. The number of fused-ring (bicyclic) bond motifs is 1. The normalized spacial score (nSPS) is 24.1. The van der Waals surface area contributed by atoms with Crippen molar-refractivity contribution in [2.24, 2.45) is 0 Å². The van der Waals surface area contributed by atoms with Gasteiger partial charge >= 0.3 is 0 Å². The van der Waals surface area contributed by atoms with E-state index in [1.54, 1.807) is 18.2 Å². The molecular weight excluding hydrogens is 278 g/mol. The van der Waals surface area contributed by atoms with Crippen LogP contribution >= 0.6 is 15.9 Å². The number of hydrogen-bond donors (Lipinski definition) is 1. The van der Waals surface area contributed by atoms with E-state index in [-0.39, 0.29) is 13.0 Å². The number of ether oxygens (including phenoxy) is 1. The van der Waals surface area contributed by atoms with Crippen LogP contribution in [0.2, 0.25) is 0 Å². The Morgan fingerprint density at radius 3 is 3.00 bits per heavy atom. The average Bonchev–Trinajstić information content (AvgIpc) is 2.39. The van der Waals surface area contributed by atoms with Gasteiger partial charge in [0.2, 0.25) is 6.04 Å². The highest BCUT2D eigenvalue weighted by Gasteiger charge is 2.35. The number of benzene rings is 1. The summed E-state index contributed by atoms with van der Waals surface area (Å²) < 4.78 is 6.13. The molecule has 2 rings (SSSR count). The van der Waals surface area contributed by atoms with E-state index in [0.717, 1.165) is 4.47 Å². The molecule has 6 heteroatoms. The van der Waals surface area contributed by atoms with Crippen molar-refractivity contribution in [1.29, 1.82) is 0 Å². The van der Waals surface area contributed by atoms with Crippen molar-refractivity contribution in [2.75, 3.05) is 6.61 Å². The molecule has 0 fully saturated rings. The molecule has 0 spiro atoms. The van der Waals surface area contributed by atoms with Crippen LogP contribution in [0.5, 0.6) is 5.75 Å². The summed E-state index contributed by atoms with van der Waals surface area (Å²) in [7, 11) is 0. The Labute approximate surface area is 100 Å². The number of aliphatic hydroxyl groups is 1. The summed E-state index contributed by atoms with van der Waals surface area (Å²) in [6.07, 6.45) is -0.912. The zero-order chi connectivity index (χ0) is 11.7. The molecule has 0 aromatic heterocycles. The maximum absolute atomic E-state index is 10.8. The molecule has 5 nitrogen and oxygen atoms in total. The fourth-order valence-corrected chi connectivity index (χ4v) is 2.14. The Morgan fingerprint density at radius 1 is 1.56 bits per heavy atom. The van der Waals surface area contributed by atoms with Gasteiger partial charge in [0.1, 0.15) is 11.9 Å². The molecule has 0 aliphatic carbocycles. The molecule has 1 aliphatic heterocycles. The first kappa shape index (κ1) is 11.3. The van der Waals surface area contributed by atoms with Crippen LogP contribution in [0.1, 0.15) is 18.1 Å². The van der Waals surface area contributed by atoms with Crippen molar-refractivity contribution >= 4 is 15.9 Å². The molecule has 16 heavy (non-hydrogen) atoms. The first-order chi connectivity index (χ1) is 7.59. The minimum absolute atomic E-state index is 0.209. The molecule has 2 atom stereocenters. The summed E-state index contributed by atoms with van der Waals surface area (Å²) in [6, 6.07) is 4.13. The molecule has 1 aromatic carbocycles. The molecule has 1 N–H and O–H groups in total. The fraction of sp³-hybridized carbons (Fsp3) is 0.400. The molecule has 0 radical (unpaired) electrons. The van der Waals surface area contributed by atoms with E-state index in [1.807, 2.05) is 0 Å². The van der Waals surface area contributed by atoms with Gasteiger partial charge in [0, 0.05) is 15.0 Å². The quantitative estimate of drug-likeness (QED) is 0.633. The van der Waals surface area contributed by atoms with Gasteiger partial charge in [-0.1, -0.05) is 15.9 Å². The van der Waals surface area contributed by atoms with Gasteiger partial charge in [-0.15, -0.1) is 0 Å². The zero-order valence-electron chi connectivity index (χ0n) is 8.30. The molecule has 0 amide bonds. The molecule has 0 saturated heterocycles. The molecule has 86 valence electrons. The van der Waals surface area contributed by atoms with E-state index >= 15 is 0 Å². The summed E-state index contributed by atoms with van der Waals surface area (Å²) in [4.78, 5) is 10.3. The summed E-state index contributed by atoms with van der Waals surface area (Å²) in [5, 5.41) is 20.7. The van der Waals surface area contributed by atoms with Crippen molar-refractivity contribution in [1.82, 2.24) is 0 Å². The monoisotopic (exact) mass is 287 g/mol. The van der Waals surface area contributed by atoms with Gasteiger partial charge in [0.05, 0.1) is 13.0 Å². The second-order valence-corrected chi connectivity index (χ2v) is 4.53. The lowest BCUT2D eigenvalue weighted by molar-refractivity contribution is -0.536. The van der Waals surface area contributed by atoms with Crippen LogP contribution in [0.25, 0.3) is 0 Å². The van der Waals surface area contributed by atoms with Crippen molar-refractivity contribution in [3.05, 3.63) is 38.3 Å². The van der Waals surface area contributed by atoms with Crippen LogP contribution in [0.3, 0.4) is 0 Å². The van der Waals surface area contributed by atoms with Gasteiger partial charge < -0.3 is 9.84 Å². The van der Waals surface area contributed by atoms with Crippen molar-refractivity contribution in [3.8, 4) is 5.75 Å². The predicted octanol–water partition coefficient (Wildman–Crippen LogP) is 1.91. The lowest BCUT2D eigenvalue weighted by Crippen LogP contribution is -2.27. The number of aliphatic hydroxyl groups excluding tert-OH is 1. The van der Waals surface area contributed by atoms with E-state index in [1.165, 1.54) is 0 Å². The molecule has 0 bridgehead atoms. The highest BCUT2D eigenvalue weighted by atomic mass is 79.9. The van der Waals surface area contributed by atoms with E-state index in [4.69, 9.17) is 4.74 Å². The molecule has 1 aromatic rings. The molecule has 2 unspecified atom stereocenters. The van der Waals surface area contributed by atoms with Crippen LogP contribution in [0.15, 0.2) is 22.7 Å². The standard InChI is InChI=1S/C10H10BrNO4/c11-6-1-2-9-7(5-6)10(13)8(12(14)15)3-4-16-9/h1-2,5,8,10,13H,3-4H2.